The molecule has 0 saturated heterocycles. The zero-order valence-corrected chi connectivity index (χ0v) is 10.3. The molecule has 96 valence electrons. The van der Waals surface area contributed by atoms with Crippen molar-refractivity contribution >= 4 is 23.3 Å². The Bertz CT molecular complexity index is 458. The first-order valence-corrected chi connectivity index (χ1v) is 6.36. The van der Waals surface area contributed by atoms with E-state index in [1.807, 2.05) is 0 Å². The molecule has 0 aliphatic heterocycles. The smallest absolute Gasteiger partial charge is 0.315 e. The molecule has 1 aliphatic rings. The van der Waals surface area contributed by atoms with Crippen molar-refractivity contribution in [2.75, 3.05) is 0 Å². The van der Waals surface area contributed by atoms with Gasteiger partial charge in [0.2, 0.25) is 0 Å². The lowest BCUT2D eigenvalue weighted by Crippen LogP contribution is -2.40. The van der Waals surface area contributed by atoms with Gasteiger partial charge in [-0.15, -0.1) is 11.3 Å². The summed E-state index contributed by atoms with van der Waals surface area (Å²) in [6.07, 6.45) is 5.42. The van der Waals surface area contributed by atoms with Crippen LogP contribution in [-0.2, 0) is 11.3 Å². The first-order valence-electron chi connectivity index (χ1n) is 5.48. The Kier molecular flexibility index (Phi) is 3.93. The average molecular weight is 267 g/mol. The Morgan fingerprint density at radius 2 is 2.33 bits per heavy atom. The maximum Gasteiger partial charge on any atom is 0.315 e. The van der Waals surface area contributed by atoms with Gasteiger partial charge in [-0.3, -0.25) is 9.78 Å². The number of carbonyl (C=O) groups excluding carboxylic acids is 1. The first kappa shape index (κ1) is 12.6. The van der Waals surface area contributed by atoms with Gasteiger partial charge >= 0.3 is 12.0 Å². The van der Waals surface area contributed by atoms with Gasteiger partial charge in [-0.05, 0) is 6.42 Å². The van der Waals surface area contributed by atoms with E-state index in [2.05, 4.69) is 15.6 Å². The number of aliphatic carboxylic acids is 1. The van der Waals surface area contributed by atoms with Crippen molar-refractivity contribution in [3.8, 4) is 0 Å². The summed E-state index contributed by atoms with van der Waals surface area (Å²) in [4.78, 5) is 27.2. The number of aromatic nitrogens is 1. The average Bonchev–Trinajstić information content (AvgIpc) is 2.96. The summed E-state index contributed by atoms with van der Waals surface area (Å²) in [5, 5.41) is 14.2. The molecule has 1 aliphatic carbocycles. The van der Waals surface area contributed by atoms with Crippen LogP contribution in [0.1, 0.15) is 11.3 Å². The van der Waals surface area contributed by atoms with E-state index in [0.717, 1.165) is 4.88 Å². The molecule has 0 spiro atoms. The molecule has 2 atom stereocenters. The third kappa shape index (κ3) is 3.30. The molecule has 0 fully saturated rings. The van der Waals surface area contributed by atoms with Crippen LogP contribution in [0.5, 0.6) is 0 Å². The van der Waals surface area contributed by atoms with Gasteiger partial charge in [0.1, 0.15) is 0 Å². The molecule has 0 radical (unpaired) electrons. The largest absolute Gasteiger partial charge is 0.481 e. The third-order valence-corrected chi connectivity index (χ3v) is 3.40. The molecular formula is C11H13N3O3S. The Labute approximate surface area is 108 Å². The number of nitrogens with one attached hydrogen (secondary N) is 2. The Hall–Kier alpha value is -1.89. The van der Waals surface area contributed by atoms with Crippen molar-refractivity contribution in [1.29, 1.82) is 0 Å². The Balaban J connectivity index is 1.72. The second-order valence-electron chi connectivity index (χ2n) is 3.97. The fourth-order valence-corrected chi connectivity index (χ4v) is 2.24. The Morgan fingerprint density at radius 3 is 2.94 bits per heavy atom. The highest BCUT2D eigenvalue weighted by atomic mass is 32.1. The zero-order valence-electron chi connectivity index (χ0n) is 9.50. The topological polar surface area (TPSA) is 91.3 Å². The van der Waals surface area contributed by atoms with E-state index in [0.29, 0.717) is 13.0 Å². The third-order valence-electron chi connectivity index (χ3n) is 2.62. The van der Waals surface area contributed by atoms with Gasteiger partial charge in [-0.1, -0.05) is 12.2 Å². The molecule has 2 rings (SSSR count). The number of rotatable bonds is 4. The minimum Gasteiger partial charge on any atom is -0.481 e. The second kappa shape index (κ2) is 5.63. The van der Waals surface area contributed by atoms with Crippen LogP contribution in [0.25, 0.3) is 0 Å². The maximum atomic E-state index is 11.6. The molecule has 18 heavy (non-hydrogen) atoms. The molecule has 0 aromatic carbocycles. The number of hydrogen-bond acceptors (Lipinski definition) is 4. The highest BCUT2D eigenvalue weighted by molar-refractivity contribution is 7.09. The van der Waals surface area contributed by atoms with Gasteiger partial charge in [0.05, 0.1) is 24.0 Å². The van der Waals surface area contributed by atoms with Crippen molar-refractivity contribution < 1.29 is 14.7 Å². The quantitative estimate of drug-likeness (QED) is 0.709. The van der Waals surface area contributed by atoms with E-state index in [4.69, 9.17) is 5.11 Å². The minimum absolute atomic E-state index is 0.215. The summed E-state index contributed by atoms with van der Waals surface area (Å²) in [7, 11) is 0. The number of carboxylic acid groups (broad SMARTS) is 1. The van der Waals surface area contributed by atoms with Crippen LogP contribution in [-0.4, -0.2) is 28.1 Å². The number of urea groups is 1. The predicted molar refractivity (Wildman–Crippen MR) is 66.2 cm³/mol. The lowest BCUT2D eigenvalue weighted by molar-refractivity contribution is -0.140. The van der Waals surface area contributed by atoms with Gasteiger partial charge in [-0.25, -0.2) is 4.79 Å². The van der Waals surface area contributed by atoms with Gasteiger partial charge in [0, 0.05) is 11.1 Å². The lowest BCUT2D eigenvalue weighted by Gasteiger charge is -2.12. The molecule has 0 bridgehead atoms. The van der Waals surface area contributed by atoms with Crippen LogP contribution in [0, 0.1) is 5.92 Å². The van der Waals surface area contributed by atoms with Crippen molar-refractivity contribution in [2.45, 2.75) is 19.0 Å². The predicted octanol–water partition coefficient (Wildman–Crippen LogP) is 0.972. The lowest BCUT2D eigenvalue weighted by atomic mass is 10.1. The molecule has 2 amide bonds. The molecule has 7 heteroatoms. The summed E-state index contributed by atoms with van der Waals surface area (Å²) in [6, 6.07) is -0.517. The SMILES string of the molecule is O=C(NCc1cncs1)NC1C=CC(C(=O)O)C1. The van der Waals surface area contributed by atoms with Crippen molar-refractivity contribution in [1.82, 2.24) is 15.6 Å². The van der Waals surface area contributed by atoms with Crippen LogP contribution in [0.2, 0.25) is 0 Å². The highest BCUT2D eigenvalue weighted by Crippen LogP contribution is 2.17. The Morgan fingerprint density at radius 1 is 1.50 bits per heavy atom. The van der Waals surface area contributed by atoms with E-state index in [-0.39, 0.29) is 12.1 Å². The number of carboxylic acids is 1. The van der Waals surface area contributed by atoms with E-state index in [9.17, 15) is 9.59 Å². The number of carbonyl (C=O) groups is 2. The van der Waals surface area contributed by atoms with Crippen LogP contribution in [0.15, 0.2) is 23.9 Å². The summed E-state index contributed by atoms with van der Waals surface area (Å²) in [6.45, 7) is 0.426. The summed E-state index contributed by atoms with van der Waals surface area (Å²) >= 11 is 1.47. The minimum atomic E-state index is -0.861. The molecule has 1 aromatic heterocycles. The van der Waals surface area contributed by atoms with Crippen LogP contribution >= 0.6 is 11.3 Å². The molecular weight excluding hydrogens is 254 g/mol. The van der Waals surface area contributed by atoms with Gasteiger partial charge in [0.15, 0.2) is 0 Å². The van der Waals surface area contributed by atoms with E-state index >= 15 is 0 Å². The normalized spacial score (nSPS) is 21.8. The van der Waals surface area contributed by atoms with E-state index < -0.39 is 11.9 Å². The van der Waals surface area contributed by atoms with Crippen LogP contribution in [0.4, 0.5) is 4.79 Å². The van der Waals surface area contributed by atoms with Gasteiger partial charge in [0.25, 0.3) is 0 Å². The molecule has 0 saturated carbocycles. The number of amides is 2. The monoisotopic (exact) mass is 267 g/mol. The van der Waals surface area contributed by atoms with Gasteiger partial charge < -0.3 is 15.7 Å². The molecule has 1 heterocycles. The van der Waals surface area contributed by atoms with Crippen molar-refractivity contribution in [3.05, 3.63) is 28.7 Å². The van der Waals surface area contributed by atoms with Crippen LogP contribution < -0.4 is 10.6 Å². The summed E-state index contributed by atoms with van der Waals surface area (Å²) < 4.78 is 0. The number of hydrogen-bond donors (Lipinski definition) is 3. The maximum absolute atomic E-state index is 11.6. The molecule has 3 N–H and O–H groups in total. The molecule has 2 unspecified atom stereocenters. The fourth-order valence-electron chi connectivity index (χ4n) is 1.71. The standard InChI is InChI=1S/C11H13N3O3S/c15-10(16)7-1-2-8(3-7)14-11(17)13-5-9-4-12-6-18-9/h1-2,4,6-8H,3,5H2,(H,15,16)(H2,13,14,17). The molecule has 6 nitrogen and oxygen atoms in total. The zero-order chi connectivity index (χ0) is 13.0. The van der Waals surface area contributed by atoms with Crippen LogP contribution in [0.3, 0.4) is 0 Å². The van der Waals surface area contributed by atoms with E-state index in [1.165, 1.54) is 11.3 Å². The summed E-state index contributed by atoms with van der Waals surface area (Å²) in [5.41, 5.74) is 1.70. The first-order chi connectivity index (χ1) is 8.65. The fraction of sp³-hybridized carbons (Fsp3) is 0.364. The highest BCUT2D eigenvalue weighted by Gasteiger charge is 2.25. The number of nitrogens with zero attached hydrogens (tertiary/aromatic N) is 1. The number of thiazole rings is 1. The van der Waals surface area contributed by atoms with E-state index in [1.54, 1.807) is 23.9 Å². The van der Waals surface area contributed by atoms with Crippen molar-refractivity contribution in [2.24, 2.45) is 5.92 Å². The van der Waals surface area contributed by atoms with Gasteiger partial charge in [-0.2, -0.15) is 0 Å². The summed E-state index contributed by atoms with van der Waals surface area (Å²) in [5.74, 6) is -1.36. The molecule has 1 aromatic rings. The second-order valence-corrected chi connectivity index (χ2v) is 4.94. The van der Waals surface area contributed by atoms with Crippen molar-refractivity contribution in [3.63, 3.8) is 0 Å².